The number of carbonyl (C=O) groups excluding carboxylic acids is 1. The van der Waals surface area contributed by atoms with E-state index >= 15 is 0 Å². The third-order valence-electron chi connectivity index (χ3n) is 2.00. The summed E-state index contributed by atoms with van der Waals surface area (Å²) in [5, 5.41) is 8.66. The van der Waals surface area contributed by atoms with E-state index in [9.17, 15) is 4.79 Å². The van der Waals surface area contributed by atoms with Crippen molar-refractivity contribution in [2.45, 2.75) is 13.0 Å². The fourth-order valence-corrected chi connectivity index (χ4v) is 2.00. The van der Waals surface area contributed by atoms with Gasteiger partial charge in [-0.3, -0.25) is 10.1 Å². The number of rotatable bonds is 6. The monoisotopic (exact) mass is 252 g/mol. The number of nitrogens with zero attached hydrogens (tertiary/aromatic N) is 2. The highest BCUT2D eigenvalue weighted by Gasteiger charge is 2.07. The Morgan fingerprint density at radius 1 is 1.59 bits per heavy atom. The molecule has 0 fully saturated rings. The zero-order valence-electron chi connectivity index (χ0n) is 9.05. The van der Waals surface area contributed by atoms with E-state index in [1.165, 1.54) is 4.88 Å². The van der Waals surface area contributed by atoms with Crippen molar-refractivity contribution in [3.05, 3.63) is 34.1 Å². The van der Waals surface area contributed by atoms with Crippen LogP contribution in [0.25, 0.3) is 0 Å². The van der Waals surface area contributed by atoms with Crippen LogP contribution in [-0.4, -0.2) is 22.6 Å². The molecule has 17 heavy (non-hydrogen) atoms. The molecule has 0 atom stereocenters. The van der Waals surface area contributed by atoms with Crippen molar-refractivity contribution < 1.29 is 9.32 Å². The molecule has 2 aromatic heterocycles. The zero-order chi connectivity index (χ0) is 12.1. The van der Waals surface area contributed by atoms with Crippen LogP contribution in [0.5, 0.6) is 0 Å². The number of nitrogens with one attached hydrogen (secondary N) is 1. The average molecular weight is 252 g/mol. The summed E-state index contributed by atoms with van der Waals surface area (Å²) >= 11 is 1.65. The number of thiophene rings is 1. The van der Waals surface area contributed by atoms with Crippen molar-refractivity contribution in [2.75, 3.05) is 6.54 Å². The van der Waals surface area contributed by atoms with Gasteiger partial charge in [0.15, 0.2) is 5.82 Å². The molecule has 2 rings (SSSR count). The first-order valence-electron chi connectivity index (χ1n) is 5.07. The van der Waals surface area contributed by atoms with E-state index in [1.54, 1.807) is 11.3 Å². The lowest BCUT2D eigenvalue weighted by atomic mass is 10.3. The van der Waals surface area contributed by atoms with Gasteiger partial charge in [0, 0.05) is 11.3 Å². The fourth-order valence-electron chi connectivity index (χ4n) is 1.30. The highest BCUT2D eigenvalue weighted by Crippen LogP contribution is 2.12. The molecule has 0 saturated heterocycles. The maximum Gasteiger partial charge on any atom is 0.240 e. The molecule has 90 valence electrons. The van der Waals surface area contributed by atoms with Gasteiger partial charge in [-0.05, 0) is 11.4 Å². The van der Waals surface area contributed by atoms with Crippen molar-refractivity contribution in [3.8, 4) is 0 Å². The summed E-state index contributed by atoms with van der Waals surface area (Å²) in [7, 11) is 0. The lowest BCUT2D eigenvalue weighted by Gasteiger charge is -1.95. The molecule has 3 N–H and O–H groups in total. The maximum atomic E-state index is 10.5. The van der Waals surface area contributed by atoms with Crippen LogP contribution in [0.15, 0.2) is 22.0 Å². The van der Waals surface area contributed by atoms with Crippen LogP contribution in [0.3, 0.4) is 0 Å². The van der Waals surface area contributed by atoms with Gasteiger partial charge in [0.05, 0.1) is 13.1 Å². The molecule has 0 aromatic carbocycles. The molecule has 7 heteroatoms. The summed E-state index contributed by atoms with van der Waals surface area (Å²) in [5.74, 6) is 0.685. The Morgan fingerprint density at radius 3 is 3.18 bits per heavy atom. The maximum absolute atomic E-state index is 10.5. The van der Waals surface area contributed by atoms with E-state index in [1.807, 2.05) is 17.5 Å². The first-order chi connectivity index (χ1) is 8.24. The predicted molar refractivity (Wildman–Crippen MR) is 62.3 cm³/mol. The Morgan fingerprint density at radius 2 is 2.47 bits per heavy atom. The molecule has 1 amide bonds. The van der Waals surface area contributed by atoms with Crippen LogP contribution in [0.1, 0.15) is 16.6 Å². The van der Waals surface area contributed by atoms with E-state index in [4.69, 9.17) is 10.3 Å². The Kier molecular flexibility index (Phi) is 3.84. The number of aromatic nitrogens is 2. The first-order valence-corrected chi connectivity index (χ1v) is 5.95. The minimum absolute atomic E-state index is 0.0998. The van der Waals surface area contributed by atoms with E-state index in [0.29, 0.717) is 24.7 Å². The largest absolute Gasteiger partial charge is 0.369 e. The summed E-state index contributed by atoms with van der Waals surface area (Å²) in [6.45, 7) is 0.447. The Labute approximate surface area is 102 Å². The summed E-state index contributed by atoms with van der Waals surface area (Å²) in [5.41, 5.74) is 4.99. The number of primary amides is 1. The van der Waals surface area contributed by atoms with Crippen molar-refractivity contribution in [3.63, 3.8) is 0 Å². The number of hydrogen-bond acceptors (Lipinski definition) is 6. The summed E-state index contributed by atoms with van der Waals surface area (Å²) in [4.78, 5) is 15.9. The van der Waals surface area contributed by atoms with Crippen molar-refractivity contribution in [1.82, 2.24) is 15.5 Å². The van der Waals surface area contributed by atoms with Crippen LogP contribution in [0.4, 0.5) is 0 Å². The van der Waals surface area contributed by atoms with E-state index in [-0.39, 0.29) is 6.54 Å². The molecule has 2 heterocycles. The van der Waals surface area contributed by atoms with Crippen molar-refractivity contribution >= 4 is 17.2 Å². The van der Waals surface area contributed by atoms with Gasteiger partial charge >= 0.3 is 0 Å². The van der Waals surface area contributed by atoms with Gasteiger partial charge in [-0.15, -0.1) is 11.3 Å². The molecule has 0 aliphatic heterocycles. The van der Waals surface area contributed by atoms with Crippen molar-refractivity contribution in [2.24, 2.45) is 5.73 Å². The molecular weight excluding hydrogens is 240 g/mol. The number of amides is 1. The topological polar surface area (TPSA) is 94.0 Å². The van der Waals surface area contributed by atoms with Gasteiger partial charge in [-0.2, -0.15) is 4.98 Å². The fraction of sp³-hybridized carbons (Fsp3) is 0.300. The minimum Gasteiger partial charge on any atom is -0.369 e. The predicted octanol–water partition coefficient (Wildman–Crippen LogP) is 0.297. The van der Waals surface area contributed by atoms with Crippen LogP contribution in [-0.2, 0) is 17.8 Å². The molecule has 0 unspecified atom stereocenters. The zero-order valence-corrected chi connectivity index (χ0v) is 9.87. The van der Waals surface area contributed by atoms with E-state index < -0.39 is 5.91 Å². The Hall–Kier alpha value is -1.73. The second-order valence-corrected chi connectivity index (χ2v) is 4.46. The number of carbonyl (C=O) groups is 1. The Bertz CT molecular complexity index is 480. The molecule has 0 spiro atoms. The highest BCUT2D eigenvalue weighted by atomic mass is 32.1. The van der Waals surface area contributed by atoms with Gasteiger partial charge in [-0.1, -0.05) is 11.2 Å². The molecular formula is C10H12N4O2S. The lowest BCUT2D eigenvalue weighted by molar-refractivity contribution is -0.117. The molecule has 0 aliphatic carbocycles. The molecule has 6 nitrogen and oxygen atoms in total. The SMILES string of the molecule is NC(=O)CNCc1nc(Cc2cccs2)no1. The van der Waals surface area contributed by atoms with Crippen LogP contribution in [0, 0.1) is 0 Å². The van der Waals surface area contributed by atoms with Crippen LogP contribution < -0.4 is 11.1 Å². The molecule has 0 bridgehead atoms. The van der Waals surface area contributed by atoms with Gasteiger partial charge in [-0.25, -0.2) is 0 Å². The lowest BCUT2D eigenvalue weighted by Crippen LogP contribution is -2.28. The number of hydrogen-bond donors (Lipinski definition) is 2. The van der Waals surface area contributed by atoms with E-state index in [2.05, 4.69) is 15.5 Å². The second kappa shape index (κ2) is 5.55. The Balaban J connectivity index is 1.85. The quantitative estimate of drug-likeness (QED) is 0.771. The standard InChI is InChI=1S/C10H12N4O2S/c11-8(15)5-12-6-10-13-9(14-16-10)4-7-2-1-3-17-7/h1-3,12H,4-6H2,(H2,11,15). The molecule has 2 aromatic rings. The molecule has 0 radical (unpaired) electrons. The van der Waals surface area contributed by atoms with Crippen molar-refractivity contribution in [1.29, 1.82) is 0 Å². The van der Waals surface area contributed by atoms with Gasteiger partial charge < -0.3 is 10.3 Å². The highest BCUT2D eigenvalue weighted by molar-refractivity contribution is 7.09. The smallest absolute Gasteiger partial charge is 0.240 e. The summed E-state index contributed by atoms with van der Waals surface area (Å²) < 4.78 is 5.02. The first kappa shape index (κ1) is 11.7. The number of nitrogens with two attached hydrogens (primary N) is 1. The molecule has 0 saturated carbocycles. The summed E-state index contributed by atoms with van der Waals surface area (Å²) in [6, 6.07) is 4.00. The minimum atomic E-state index is -0.414. The van der Waals surface area contributed by atoms with Crippen LogP contribution >= 0.6 is 11.3 Å². The summed E-state index contributed by atoms with van der Waals surface area (Å²) in [6.07, 6.45) is 0.664. The average Bonchev–Trinajstić information content (AvgIpc) is 2.90. The molecule has 0 aliphatic rings. The van der Waals surface area contributed by atoms with Gasteiger partial charge in [0.2, 0.25) is 11.8 Å². The van der Waals surface area contributed by atoms with Gasteiger partial charge in [0.1, 0.15) is 0 Å². The van der Waals surface area contributed by atoms with E-state index in [0.717, 1.165) is 0 Å². The second-order valence-electron chi connectivity index (χ2n) is 3.43. The van der Waals surface area contributed by atoms with Gasteiger partial charge in [0.25, 0.3) is 0 Å². The third kappa shape index (κ3) is 3.65. The normalized spacial score (nSPS) is 10.6. The van der Waals surface area contributed by atoms with Crippen LogP contribution in [0.2, 0.25) is 0 Å². The third-order valence-corrected chi connectivity index (χ3v) is 2.87.